The number of rotatable bonds is 6. The molecule has 7 rings (SSSR count). The molecule has 9 nitrogen and oxygen atoms in total. The van der Waals surface area contributed by atoms with Gasteiger partial charge in [0, 0.05) is 45.9 Å². The van der Waals surface area contributed by atoms with Gasteiger partial charge in [0.2, 0.25) is 11.8 Å². The monoisotopic (exact) mass is 566 g/mol. The van der Waals surface area contributed by atoms with Crippen molar-refractivity contribution in [1.29, 1.82) is 0 Å². The van der Waals surface area contributed by atoms with Crippen molar-refractivity contribution in [1.82, 2.24) is 9.80 Å². The second-order valence-corrected chi connectivity index (χ2v) is 12.4. The third-order valence-electron chi connectivity index (χ3n) is 8.63. The molecule has 3 atom stereocenters. The van der Waals surface area contributed by atoms with Crippen molar-refractivity contribution in [2.75, 3.05) is 37.8 Å². The van der Waals surface area contributed by atoms with Crippen LogP contribution < -0.4 is 9.64 Å². The number of halogens is 1. The first-order chi connectivity index (χ1) is 18.9. The molecule has 4 aliphatic heterocycles. The van der Waals surface area contributed by atoms with Gasteiger partial charge in [-0.1, -0.05) is 11.6 Å². The second-order valence-electron chi connectivity index (χ2n) is 10.8. The minimum absolute atomic E-state index is 0.0628. The summed E-state index contributed by atoms with van der Waals surface area (Å²) in [6, 6.07) is 5.66. The molecular weight excluding hydrogens is 540 g/mol. The van der Waals surface area contributed by atoms with Gasteiger partial charge < -0.3 is 24.7 Å². The molecule has 2 aromatic rings. The molecule has 1 saturated carbocycles. The number of anilines is 1. The van der Waals surface area contributed by atoms with Gasteiger partial charge in [-0.25, -0.2) is 4.99 Å². The van der Waals surface area contributed by atoms with Crippen LogP contribution in [-0.2, 0) is 16.1 Å². The van der Waals surface area contributed by atoms with Crippen molar-refractivity contribution in [2.24, 2.45) is 16.8 Å². The second kappa shape index (κ2) is 8.94. The van der Waals surface area contributed by atoms with Crippen LogP contribution in [0.5, 0.6) is 5.75 Å². The summed E-state index contributed by atoms with van der Waals surface area (Å²) in [6.45, 7) is 5.24. The lowest BCUT2D eigenvalue weighted by Gasteiger charge is -2.39. The Morgan fingerprint density at radius 3 is 2.69 bits per heavy atom. The summed E-state index contributed by atoms with van der Waals surface area (Å²) in [5.41, 5.74) is 2.33. The van der Waals surface area contributed by atoms with Crippen LogP contribution in [0, 0.1) is 11.8 Å². The van der Waals surface area contributed by atoms with E-state index in [1.807, 2.05) is 29.3 Å². The molecule has 39 heavy (non-hydrogen) atoms. The van der Waals surface area contributed by atoms with Gasteiger partial charge in [-0.15, -0.1) is 11.3 Å². The SMILES string of the molecule is C=C=Nc1cc(CN2C(=O)C3CC3C2=O)sc1C1=CN2CC(CC2(CO)CO)N2CCOc3cc(Cl)cc1c32. The lowest BCUT2D eigenvalue weighted by Crippen LogP contribution is -2.47. The number of nitrogens with zero attached hydrogens (tertiary/aromatic N) is 4. The summed E-state index contributed by atoms with van der Waals surface area (Å²) in [5, 5.41) is 21.5. The van der Waals surface area contributed by atoms with Gasteiger partial charge in [0.05, 0.1) is 59.9 Å². The maximum atomic E-state index is 12.7. The lowest BCUT2D eigenvalue weighted by atomic mass is 9.96. The van der Waals surface area contributed by atoms with Gasteiger partial charge >= 0.3 is 0 Å². The van der Waals surface area contributed by atoms with Gasteiger partial charge in [-0.05, 0) is 37.4 Å². The Morgan fingerprint density at radius 2 is 1.97 bits per heavy atom. The number of thiophene rings is 1. The Labute approximate surface area is 234 Å². The van der Waals surface area contributed by atoms with Crippen LogP contribution in [0.25, 0.3) is 5.57 Å². The maximum absolute atomic E-state index is 12.7. The molecule has 1 aliphatic carbocycles. The molecular formula is C28H27ClN4O5S. The molecule has 1 aromatic heterocycles. The molecule has 0 spiro atoms. The van der Waals surface area contributed by atoms with Crippen molar-refractivity contribution in [3.8, 4) is 5.75 Å². The van der Waals surface area contributed by atoms with Gasteiger partial charge in [-0.3, -0.25) is 14.5 Å². The number of hydrogen-bond donors (Lipinski definition) is 2. The fraction of sp³-hybridized carbons (Fsp3) is 0.429. The van der Waals surface area contributed by atoms with Gasteiger partial charge in [0.15, 0.2) is 0 Å². The summed E-state index contributed by atoms with van der Waals surface area (Å²) >= 11 is 8.05. The van der Waals surface area contributed by atoms with E-state index in [-0.39, 0.29) is 49.5 Å². The van der Waals surface area contributed by atoms with E-state index in [0.29, 0.717) is 49.0 Å². The van der Waals surface area contributed by atoms with Crippen LogP contribution in [0.15, 0.2) is 36.0 Å². The highest BCUT2D eigenvalue weighted by molar-refractivity contribution is 7.13. The Bertz CT molecular complexity index is 1470. The van der Waals surface area contributed by atoms with E-state index in [2.05, 4.69) is 22.3 Å². The molecule has 2 saturated heterocycles. The van der Waals surface area contributed by atoms with Crippen molar-refractivity contribution < 1.29 is 24.5 Å². The van der Waals surface area contributed by atoms with Crippen LogP contribution in [0.1, 0.15) is 28.2 Å². The minimum atomic E-state index is -0.836. The van der Waals surface area contributed by atoms with Crippen LogP contribution in [0.3, 0.4) is 0 Å². The number of ether oxygens (including phenoxy) is 1. The number of benzene rings is 1. The smallest absolute Gasteiger partial charge is 0.233 e. The Balaban J connectivity index is 1.40. The molecule has 0 radical (unpaired) electrons. The average molecular weight is 567 g/mol. The summed E-state index contributed by atoms with van der Waals surface area (Å²) < 4.78 is 6.06. The van der Waals surface area contributed by atoms with Crippen LogP contribution >= 0.6 is 22.9 Å². The number of piperidine rings is 1. The Kier molecular flexibility index (Phi) is 5.70. The molecule has 3 fully saturated rings. The number of hydrogen-bond acceptors (Lipinski definition) is 9. The maximum Gasteiger partial charge on any atom is 0.233 e. The molecule has 3 unspecified atom stereocenters. The Hall–Kier alpha value is -3.14. The fourth-order valence-corrected chi connectivity index (χ4v) is 7.87. The van der Waals surface area contributed by atoms with E-state index in [4.69, 9.17) is 16.3 Å². The number of aliphatic hydroxyl groups is 2. The quantitative estimate of drug-likeness (QED) is 0.409. The predicted octanol–water partition coefficient (Wildman–Crippen LogP) is 2.79. The highest BCUT2D eigenvalue weighted by Gasteiger charge is 2.58. The van der Waals surface area contributed by atoms with Crippen molar-refractivity contribution in [2.45, 2.75) is 31.0 Å². The van der Waals surface area contributed by atoms with E-state index in [0.717, 1.165) is 26.6 Å². The number of amides is 2. The third kappa shape index (κ3) is 3.70. The van der Waals surface area contributed by atoms with E-state index < -0.39 is 5.54 Å². The highest BCUT2D eigenvalue weighted by atomic mass is 35.5. The zero-order valence-corrected chi connectivity index (χ0v) is 22.7. The summed E-state index contributed by atoms with van der Waals surface area (Å²) in [6.07, 6.45) is 3.22. The number of aliphatic imine (C=N–C) groups is 1. The number of carbonyl (C=O) groups excluding carboxylic acids is 2. The van der Waals surface area contributed by atoms with E-state index in [1.54, 1.807) is 0 Å². The Morgan fingerprint density at radius 1 is 1.21 bits per heavy atom. The molecule has 1 aromatic carbocycles. The summed E-state index contributed by atoms with van der Waals surface area (Å²) in [5.74, 6) is 2.80. The van der Waals surface area contributed by atoms with E-state index in [1.165, 1.54) is 16.2 Å². The molecule has 5 aliphatic rings. The average Bonchev–Trinajstić information content (AvgIpc) is 3.42. The normalized spacial score (nSPS) is 25.9. The van der Waals surface area contributed by atoms with Crippen molar-refractivity contribution in [3.63, 3.8) is 0 Å². The summed E-state index contributed by atoms with van der Waals surface area (Å²) in [4.78, 5) is 37.0. The van der Waals surface area contributed by atoms with E-state index in [9.17, 15) is 19.8 Å². The fourth-order valence-electron chi connectivity index (χ4n) is 6.55. The minimum Gasteiger partial charge on any atom is -0.489 e. The molecule has 5 heterocycles. The van der Waals surface area contributed by atoms with E-state index >= 15 is 0 Å². The lowest BCUT2D eigenvalue weighted by molar-refractivity contribution is -0.141. The van der Waals surface area contributed by atoms with Gasteiger partial charge in [0.25, 0.3) is 0 Å². The number of fused-ring (bicyclic) bond motifs is 4. The molecule has 2 bridgehead atoms. The molecule has 11 heteroatoms. The number of aliphatic hydroxyl groups excluding tert-OH is 2. The molecule has 2 amide bonds. The highest BCUT2D eigenvalue weighted by Crippen LogP contribution is 2.52. The zero-order valence-electron chi connectivity index (χ0n) is 21.1. The predicted molar refractivity (Wildman–Crippen MR) is 148 cm³/mol. The first kappa shape index (κ1) is 24.9. The van der Waals surface area contributed by atoms with Crippen LogP contribution in [0.2, 0.25) is 5.02 Å². The van der Waals surface area contributed by atoms with Crippen molar-refractivity contribution >= 4 is 57.6 Å². The van der Waals surface area contributed by atoms with Crippen LogP contribution in [-0.4, -0.2) is 82.2 Å². The standard InChI is InChI=1S/C28H27ClN4O5S/c1-2-30-22-7-17(11-33-26(36)19-8-20(19)27(33)37)39-25(22)21-12-31-10-16(9-28(31,13-34)14-35)32-3-4-38-23-6-15(29)5-18(21)24(23)32/h5-7,12,16,19-20,34-35H,1,3-4,8-11,13-14H2. The number of carbonyl (C=O) groups is 2. The topological polar surface area (TPSA) is 106 Å². The summed E-state index contributed by atoms with van der Waals surface area (Å²) in [7, 11) is 0. The van der Waals surface area contributed by atoms with Crippen LogP contribution in [0.4, 0.5) is 11.4 Å². The van der Waals surface area contributed by atoms with Crippen molar-refractivity contribution in [3.05, 3.63) is 51.3 Å². The zero-order chi connectivity index (χ0) is 27.1. The molecule has 202 valence electrons. The number of imide groups is 1. The number of likely N-dealkylation sites (tertiary alicyclic amines) is 1. The third-order valence-corrected chi connectivity index (χ3v) is 9.99. The first-order valence-electron chi connectivity index (χ1n) is 13.0. The largest absolute Gasteiger partial charge is 0.489 e. The van der Waals surface area contributed by atoms with Gasteiger partial charge in [-0.2, -0.15) is 0 Å². The first-order valence-corrected chi connectivity index (χ1v) is 14.2. The van der Waals surface area contributed by atoms with Gasteiger partial charge in [0.1, 0.15) is 12.4 Å². The molecule has 2 N–H and O–H groups in total.